The monoisotopic (exact) mass is 560 g/mol. The Morgan fingerprint density at radius 1 is 0.737 bits per heavy atom. The van der Waals surface area contributed by atoms with Gasteiger partial charge in [-0.2, -0.15) is 0 Å². The maximum absolute atomic E-state index is 13.2. The van der Waals surface area contributed by atoms with E-state index < -0.39 is 11.8 Å². The van der Waals surface area contributed by atoms with Crippen LogP contribution in [-0.2, 0) is 4.79 Å². The van der Waals surface area contributed by atoms with E-state index in [-0.39, 0.29) is 17.2 Å². The standard InChI is InChI=1S/C30H22Cl2N2O3S/c31-23-13-9-20(10-14-23)17-27(34-29(36)22-5-2-1-3-6-22)30(37)33-25-7-4-8-26(18-25)38-19-28(35)21-11-15-24(32)16-12-21/h1-18H,19H2,(H,33,37)(H,34,36)/b27-17-. The molecule has 190 valence electrons. The van der Waals surface area contributed by atoms with Crippen molar-refractivity contribution in [3.8, 4) is 0 Å². The van der Waals surface area contributed by atoms with E-state index in [2.05, 4.69) is 10.6 Å². The lowest BCUT2D eigenvalue weighted by Crippen LogP contribution is -2.30. The minimum Gasteiger partial charge on any atom is -0.321 e. The van der Waals surface area contributed by atoms with Crippen molar-refractivity contribution in [3.63, 3.8) is 0 Å². The highest BCUT2D eigenvalue weighted by molar-refractivity contribution is 8.00. The van der Waals surface area contributed by atoms with E-state index >= 15 is 0 Å². The van der Waals surface area contributed by atoms with Gasteiger partial charge in [-0.15, -0.1) is 11.8 Å². The normalized spacial score (nSPS) is 11.1. The van der Waals surface area contributed by atoms with Gasteiger partial charge >= 0.3 is 0 Å². The van der Waals surface area contributed by atoms with E-state index in [0.29, 0.717) is 32.4 Å². The molecule has 4 aromatic rings. The fourth-order valence-electron chi connectivity index (χ4n) is 3.40. The van der Waals surface area contributed by atoms with Crippen LogP contribution >= 0.6 is 35.0 Å². The number of amides is 2. The van der Waals surface area contributed by atoms with Gasteiger partial charge in [0, 0.05) is 31.8 Å². The topological polar surface area (TPSA) is 75.3 Å². The largest absolute Gasteiger partial charge is 0.321 e. The van der Waals surface area contributed by atoms with Gasteiger partial charge in [0.05, 0.1) is 5.75 Å². The highest BCUT2D eigenvalue weighted by Crippen LogP contribution is 2.24. The Morgan fingerprint density at radius 3 is 2.08 bits per heavy atom. The van der Waals surface area contributed by atoms with E-state index in [4.69, 9.17) is 23.2 Å². The molecule has 4 rings (SSSR count). The fourth-order valence-corrected chi connectivity index (χ4v) is 4.50. The fraction of sp³-hybridized carbons (Fsp3) is 0.0333. The van der Waals surface area contributed by atoms with Crippen LogP contribution in [0, 0.1) is 0 Å². The predicted molar refractivity (Wildman–Crippen MR) is 155 cm³/mol. The summed E-state index contributed by atoms with van der Waals surface area (Å²) >= 11 is 13.2. The van der Waals surface area contributed by atoms with Crippen molar-refractivity contribution in [2.75, 3.05) is 11.1 Å². The SMILES string of the molecule is O=C(Nc1cccc(SCC(=O)c2ccc(Cl)cc2)c1)/C(=C/c1ccc(Cl)cc1)NC(=O)c1ccccc1. The van der Waals surface area contributed by atoms with Crippen LogP contribution in [0.4, 0.5) is 5.69 Å². The minimum atomic E-state index is -0.497. The Morgan fingerprint density at radius 2 is 1.39 bits per heavy atom. The van der Waals surface area contributed by atoms with Crippen LogP contribution in [-0.4, -0.2) is 23.4 Å². The van der Waals surface area contributed by atoms with Crippen molar-refractivity contribution in [1.29, 1.82) is 0 Å². The van der Waals surface area contributed by atoms with Crippen molar-refractivity contribution in [3.05, 3.63) is 136 Å². The summed E-state index contributed by atoms with van der Waals surface area (Å²) in [5.74, 6) is -0.707. The molecule has 38 heavy (non-hydrogen) atoms. The lowest BCUT2D eigenvalue weighted by atomic mass is 10.1. The lowest BCUT2D eigenvalue weighted by Gasteiger charge is -2.12. The van der Waals surface area contributed by atoms with Crippen molar-refractivity contribution in [2.45, 2.75) is 4.90 Å². The molecule has 0 unspecified atom stereocenters. The molecule has 0 heterocycles. The maximum Gasteiger partial charge on any atom is 0.272 e. The molecule has 0 spiro atoms. The van der Waals surface area contributed by atoms with Crippen LogP contribution in [0.2, 0.25) is 10.0 Å². The number of ketones is 1. The number of halogens is 2. The number of nitrogens with one attached hydrogen (secondary N) is 2. The van der Waals surface area contributed by atoms with Gasteiger partial charge < -0.3 is 10.6 Å². The molecule has 0 fully saturated rings. The summed E-state index contributed by atoms with van der Waals surface area (Å²) in [5, 5.41) is 6.68. The van der Waals surface area contributed by atoms with Crippen LogP contribution in [0.3, 0.4) is 0 Å². The zero-order chi connectivity index (χ0) is 26.9. The van der Waals surface area contributed by atoms with Gasteiger partial charge in [-0.25, -0.2) is 0 Å². The van der Waals surface area contributed by atoms with Gasteiger partial charge in [0.1, 0.15) is 5.70 Å². The van der Waals surface area contributed by atoms with Crippen LogP contribution in [0.15, 0.2) is 114 Å². The van der Waals surface area contributed by atoms with Gasteiger partial charge in [0.25, 0.3) is 11.8 Å². The molecule has 0 bridgehead atoms. The van der Waals surface area contributed by atoms with Gasteiger partial charge in [-0.3, -0.25) is 14.4 Å². The predicted octanol–water partition coefficient (Wildman–Crippen LogP) is 7.38. The summed E-state index contributed by atoms with van der Waals surface area (Å²) in [6, 6.07) is 29.5. The molecular formula is C30H22Cl2N2O3S. The Labute approximate surface area is 234 Å². The molecule has 8 heteroatoms. The first-order valence-corrected chi connectivity index (χ1v) is 13.3. The van der Waals surface area contributed by atoms with E-state index in [1.807, 2.05) is 12.1 Å². The van der Waals surface area contributed by atoms with E-state index in [9.17, 15) is 14.4 Å². The average Bonchev–Trinajstić information content (AvgIpc) is 2.93. The van der Waals surface area contributed by atoms with Gasteiger partial charge in [0.15, 0.2) is 5.78 Å². The van der Waals surface area contributed by atoms with E-state index in [1.54, 1.807) is 97.1 Å². The highest BCUT2D eigenvalue weighted by atomic mass is 35.5. The molecule has 0 aromatic heterocycles. The van der Waals surface area contributed by atoms with Crippen molar-refractivity contribution >= 4 is 64.3 Å². The summed E-state index contributed by atoms with van der Waals surface area (Å²) in [5.41, 5.74) is 2.29. The third-order valence-electron chi connectivity index (χ3n) is 5.34. The van der Waals surface area contributed by atoms with Gasteiger partial charge in [-0.1, -0.05) is 59.6 Å². The molecular weight excluding hydrogens is 539 g/mol. The second-order valence-corrected chi connectivity index (χ2v) is 10.1. The summed E-state index contributed by atoms with van der Waals surface area (Å²) in [4.78, 5) is 39.4. The summed E-state index contributed by atoms with van der Waals surface area (Å²) < 4.78 is 0. The van der Waals surface area contributed by atoms with Crippen molar-refractivity contribution in [1.82, 2.24) is 5.32 Å². The zero-order valence-electron chi connectivity index (χ0n) is 20.0. The molecule has 0 radical (unpaired) electrons. The van der Waals surface area contributed by atoms with Crippen LogP contribution in [0.5, 0.6) is 0 Å². The van der Waals surface area contributed by atoms with Crippen LogP contribution < -0.4 is 10.6 Å². The third-order valence-corrected chi connectivity index (χ3v) is 6.84. The molecule has 2 N–H and O–H groups in total. The number of thioether (sulfide) groups is 1. The van der Waals surface area contributed by atoms with Crippen molar-refractivity contribution in [2.24, 2.45) is 0 Å². The molecule has 0 saturated carbocycles. The highest BCUT2D eigenvalue weighted by Gasteiger charge is 2.15. The average molecular weight is 561 g/mol. The van der Waals surface area contributed by atoms with Crippen molar-refractivity contribution < 1.29 is 14.4 Å². The molecule has 0 saturated heterocycles. The van der Waals surface area contributed by atoms with Gasteiger partial charge in [0.2, 0.25) is 0 Å². The maximum atomic E-state index is 13.2. The van der Waals surface area contributed by atoms with Gasteiger partial charge in [-0.05, 0) is 78.4 Å². The summed E-state index contributed by atoms with van der Waals surface area (Å²) in [6.07, 6.45) is 1.58. The minimum absolute atomic E-state index is 0.0297. The molecule has 4 aromatic carbocycles. The summed E-state index contributed by atoms with van der Waals surface area (Å²) in [6.45, 7) is 0. The summed E-state index contributed by atoms with van der Waals surface area (Å²) in [7, 11) is 0. The first-order valence-electron chi connectivity index (χ1n) is 11.5. The molecule has 2 amide bonds. The number of hydrogen-bond acceptors (Lipinski definition) is 4. The van der Waals surface area contributed by atoms with Crippen LogP contribution in [0.25, 0.3) is 6.08 Å². The van der Waals surface area contributed by atoms with Crippen LogP contribution in [0.1, 0.15) is 26.3 Å². The molecule has 0 aliphatic carbocycles. The smallest absolute Gasteiger partial charge is 0.272 e. The first-order chi connectivity index (χ1) is 18.4. The zero-order valence-corrected chi connectivity index (χ0v) is 22.3. The van der Waals surface area contributed by atoms with E-state index in [0.717, 1.165) is 4.90 Å². The number of benzene rings is 4. The first kappa shape index (κ1) is 27.2. The number of rotatable bonds is 9. The second kappa shape index (κ2) is 13.1. The lowest BCUT2D eigenvalue weighted by molar-refractivity contribution is -0.113. The Kier molecular flexibility index (Phi) is 9.38. The number of hydrogen-bond donors (Lipinski definition) is 2. The number of carbonyl (C=O) groups is 3. The Hall–Kier alpha value is -3.84. The third kappa shape index (κ3) is 7.83. The Balaban J connectivity index is 1.48. The number of Topliss-reactive ketones (excluding diaryl/α,β-unsaturated/α-hetero) is 1. The van der Waals surface area contributed by atoms with E-state index in [1.165, 1.54) is 11.8 Å². The number of anilines is 1. The molecule has 0 atom stereocenters. The molecule has 0 aliphatic rings. The second-order valence-electron chi connectivity index (χ2n) is 8.13. The molecule has 5 nitrogen and oxygen atoms in total. The number of carbonyl (C=O) groups excluding carboxylic acids is 3. The Bertz CT molecular complexity index is 1470. The quantitative estimate of drug-likeness (QED) is 0.127. The molecule has 0 aliphatic heterocycles.